The molecule has 1 amide bonds. The molecule has 0 fully saturated rings. The summed E-state index contributed by atoms with van der Waals surface area (Å²) in [5.74, 6) is 1.45. The molecule has 0 aliphatic carbocycles. The Morgan fingerprint density at radius 2 is 2.28 bits per heavy atom. The van der Waals surface area contributed by atoms with Crippen molar-refractivity contribution < 1.29 is 14.1 Å². The molecule has 0 unspecified atom stereocenters. The third kappa shape index (κ3) is 3.45. The quantitative estimate of drug-likeness (QED) is 0.472. The number of nitro groups is 1. The van der Waals surface area contributed by atoms with Crippen molar-refractivity contribution in [3.63, 3.8) is 0 Å². The number of nitro benzene ring substituents is 1. The first kappa shape index (κ1) is 13.4. The summed E-state index contributed by atoms with van der Waals surface area (Å²) in [6.45, 7) is -1.06. The molecule has 1 aromatic carbocycles. The minimum atomic E-state index is -1.16. The van der Waals surface area contributed by atoms with E-state index < -0.39 is 17.5 Å². The Bertz CT molecular complexity index is 511. The van der Waals surface area contributed by atoms with Gasteiger partial charge in [-0.05, 0) is 12.1 Å². The smallest absolute Gasteiger partial charge is 0.292 e. The van der Waals surface area contributed by atoms with Gasteiger partial charge in [0.2, 0.25) is 0 Å². The highest BCUT2D eigenvalue weighted by Crippen LogP contribution is 2.27. The van der Waals surface area contributed by atoms with Crippen LogP contribution < -0.4 is 10.6 Å². The van der Waals surface area contributed by atoms with Gasteiger partial charge >= 0.3 is 0 Å². The highest BCUT2D eigenvalue weighted by molar-refractivity contribution is 5.92. The number of carbonyl (C=O) groups excluding carboxylic acids is 1. The summed E-state index contributed by atoms with van der Waals surface area (Å²) < 4.78 is 12.0. The summed E-state index contributed by atoms with van der Waals surface area (Å²) in [5.41, 5.74) is 0.237. The molecule has 6 nitrogen and oxygen atoms in total. The van der Waals surface area contributed by atoms with Gasteiger partial charge in [-0.2, -0.15) is 0 Å². The Morgan fingerprint density at radius 3 is 2.83 bits per heavy atom. The molecule has 0 spiro atoms. The highest BCUT2D eigenvalue weighted by Gasteiger charge is 2.14. The maximum Gasteiger partial charge on any atom is 0.292 e. The van der Waals surface area contributed by atoms with Gasteiger partial charge in [0.25, 0.3) is 11.6 Å². The molecular formula is C11H10FN3O3. The molecule has 0 saturated heterocycles. The maximum absolute atomic E-state index is 12.0. The Balaban J connectivity index is 3.01. The van der Waals surface area contributed by atoms with E-state index in [1.54, 1.807) is 0 Å². The molecule has 0 radical (unpaired) electrons. The number of halogens is 1. The van der Waals surface area contributed by atoms with Crippen molar-refractivity contribution >= 4 is 23.0 Å². The number of alkyl halides is 1. The first-order valence-electron chi connectivity index (χ1n) is 4.90. The number of nitrogens with zero attached hydrogens (tertiary/aromatic N) is 1. The van der Waals surface area contributed by atoms with E-state index in [-0.39, 0.29) is 23.6 Å². The maximum atomic E-state index is 12.0. The predicted octanol–water partition coefficient (Wildman–Crippen LogP) is 1.55. The van der Waals surface area contributed by atoms with Crippen molar-refractivity contribution in [3.8, 4) is 12.3 Å². The third-order valence-corrected chi connectivity index (χ3v) is 1.98. The van der Waals surface area contributed by atoms with E-state index in [0.717, 1.165) is 0 Å². The van der Waals surface area contributed by atoms with Crippen LogP contribution in [0.4, 0.5) is 21.5 Å². The number of rotatable bonds is 5. The second-order valence-electron chi connectivity index (χ2n) is 3.23. The monoisotopic (exact) mass is 251 g/mol. The van der Waals surface area contributed by atoms with Crippen LogP contribution >= 0.6 is 0 Å². The molecule has 94 valence electrons. The topological polar surface area (TPSA) is 84.3 Å². The largest absolute Gasteiger partial charge is 0.369 e. The Morgan fingerprint density at radius 1 is 1.56 bits per heavy atom. The Labute approximate surface area is 102 Å². The van der Waals surface area contributed by atoms with Crippen LogP contribution in [0, 0.1) is 22.5 Å². The van der Waals surface area contributed by atoms with Crippen molar-refractivity contribution in [3.05, 3.63) is 28.3 Å². The van der Waals surface area contributed by atoms with Gasteiger partial charge in [0.1, 0.15) is 5.69 Å². The molecule has 7 heteroatoms. The molecule has 0 aromatic heterocycles. The molecule has 18 heavy (non-hydrogen) atoms. The van der Waals surface area contributed by atoms with E-state index >= 15 is 0 Å². The predicted molar refractivity (Wildman–Crippen MR) is 65.0 cm³/mol. The third-order valence-electron chi connectivity index (χ3n) is 1.98. The van der Waals surface area contributed by atoms with Crippen molar-refractivity contribution in [1.82, 2.24) is 0 Å². The zero-order valence-corrected chi connectivity index (χ0v) is 9.27. The lowest BCUT2D eigenvalue weighted by Crippen LogP contribution is -2.13. The van der Waals surface area contributed by atoms with Gasteiger partial charge in [0.05, 0.1) is 11.5 Å². The van der Waals surface area contributed by atoms with Gasteiger partial charge in [0.15, 0.2) is 6.67 Å². The number of nitrogens with one attached hydrogen (secondary N) is 2. The molecule has 0 bridgehead atoms. The summed E-state index contributed by atoms with van der Waals surface area (Å²) in [6.07, 6.45) is 5.04. The first-order chi connectivity index (χ1) is 8.58. The van der Waals surface area contributed by atoms with Crippen molar-refractivity contribution in [2.75, 3.05) is 23.9 Å². The number of terminal acetylenes is 1. The van der Waals surface area contributed by atoms with Gasteiger partial charge in [0, 0.05) is 11.8 Å². The van der Waals surface area contributed by atoms with E-state index in [9.17, 15) is 19.3 Å². The number of carbonyl (C=O) groups is 1. The molecule has 1 rings (SSSR count). The van der Waals surface area contributed by atoms with Crippen LogP contribution in [0.3, 0.4) is 0 Å². The van der Waals surface area contributed by atoms with Crippen LogP contribution in [-0.2, 0) is 4.79 Å². The minimum absolute atomic E-state index is 0.0986. The zero-order valence-electron chi connectivity index (χ0n) is 9.27. The Hall–Kier alpha value is -2.62. The van der Waals surface area contributed by atoms with Crippen molar-refractivity contribution in [2.24, 2.45) is 0 Å². The van der Waals surface area contributed by atoms with E-state index in [0.29, 0.717) is 0 Å². The number of amides is 1. The van der Waals surface area contributed by atoms with E-state index in [1.165, 1.54) is 18.2 Å². The lowest BCUT2D eigenvalue weighted by atomic mass is 10.2. The number of benzene rings is 1. The van der Waals surface area contributed by atoms with Gasteiger partial charge < -0.3 is 10.6 Å². The van der Waals surface area contributed by atoms with Crippen LogP contribution in [0.5, 0.6) is 0 Å². The van der Waals surface area contributed by atoms with E-state index in [2.05, 4.69) is 16.6 Å². The van der Waals surface area contributed by atoms with Gasteiger partial charge in [-0.25, -0.2) is 4.39 Å². The number of hydrogen-bond acceptors (Lipinski definition) is 4. The average molecular weight is 251 g/mol. The molecule has 2 N–H and O–H groups in total. The normalized spacial score (nSPS) is 9.33. The minimum Gasteiger partial charge on any atom is -0.369 e. The summed E-state index contributed by atoms with van der Waals surface area (Å²) in [6, 6.07) is 3.84. The van der Waals surface area contributed by atoms with E-state index in [4.69, 9.17) is 6.42 Å². The van der Waals surface area contributed by atoms with Gasteiger partial charge in [-0.15, -0.1) is 6.42 Å². The van der Waals surface area contributed by atoms with Gasteiger partial charge in [-0.3, -0.25) is 14.9 Å². The average Bonchev–Trinajstić information content (AvgIpc) is 2.36. The van der Waals surface area contributed by atoms with Crippen LogP contribution in [0.15, 0.2) is 18.2 Å². The molecule has 1 aromatic rings. The molecule has 0 saturated carbocycles. The van der Waals surface area contributed by atoms with Crippen LogP contribution in [-0.4, -0.2) is 24.0 Å². The van der Waals surface area contributed by atoms with E-state index in [1.807, 2.05) is 0 Å². The lowest BCUT2D eigenvalue weighted by Gasteiger charge is -2.07. The highest BCUT2D eigenvalue weighted by atomic mass is 19.1. The fourth-order valence-electron chi connectivity index (χ4n) is 1.26. The fraction of sp³-hybridized carbons (Fsp3) is 0.182. The molecule has 0 heterocycles. The fourth-order valence-corrected chi connectivity index (χ4v) is 1.26. The SMILES string of the molecule is C#CCNc1cc(NC(=O)CF)ccc1[N+](=O)[O-]. The first-order valence-corrected chi connectivity index (χ1v) is 4.90. The summed E-state index contributed by atoms with van der Waals surface area (Å²) in [4.78, 5) is 21.0. The molecule has 0 aliphatic heterocycles. The van der Waals surface area contributed by atoms with Crippen LogP contribution in [0.25, 0.3) is 0 Å². The number of hydrogen-bond donors (Lipinski definition) is 2. The second kappa shape index (κ2) is 6.20. The number of anilines is 2. The standard InChI is InChI=1S/C11H10FN3O3/c1-2-5-13-9-6-8(14-11(16)7-12)3-4-10(9)15(17)18/h1,3-4,6,13H,5,7H2,(H,14,16). The summed E-state index contributed by atoms with van der Waals surface area (Å²) >= 11 is 0. The molecule has 0 aliphatic rings. The summed E-state index contributed by atoms with van der Waals surface area (Å²) in [5, 5.41) is 15.6. The van der Waals surface area contributed by atoms with Crippen LogP contribution in [0.2, 0.25) is 0 Å². The second-order valence-corrected chi connectivity index (χ2v) is 3.23. The van der Waals surface area contributed by atoms with Crippen molar-refractivity contribution in [1.29, 1.82) is 0 Å². The van der Waals surface area contributed by atoms with Crippen molar-refractivity contribution in [2.45, 2.75) is 0 Å². The lowest BCUT2D eigenvalue weighted by molar-refractivity contribution is -0.383. The zero-order chi connectivity index (χ0) is 13.5. The molecular weight excluding hydrogens is 241 g/mol. The van der Waals surface area contributed by atoms with Crippen LogP contribution in [0.1, 0.15) is 0 Å². The van der Waals surface area contributed by atoms with Gasteiger partial charge in [-0.1, -0.05) is 5.92 Å². The summed E-state index contributed by atoms with van der Waals surface area (Å²) in [7, 11) is 0. The Kier molecular flexibility index (Phi) is 4.63. The molecule has 0 atom stereocenters.